The van der Waals surface area contributed by atoms with Crippen molar-refractivity contribution >= 4 is 43.5 Å². The van der Waals surface area contributed by atoms with Gasteiger partial charge in [0.1, 0.15) is 0 Å². The Hall–Kier alpha value is -0.420. The van der Waals surface area contributed by atoms with E-state index in [2.05, 4.69) is 36.8 Å². The normalized spacial score (nSPS) is 12.4. The Labute approximate surface area is 128 Å². The van der Waals surface area contributed by atoms with Gasteiger partial charge in [0.2, 0.25) is 0 Å². The summed E-state index contributed by atoms with van der Waals surface area (Å²) in [5.74, 6) is 0. The van der Waals surface area contributed by atoms with E-state index in [9.17, 15) is 0 Å². The van der Waals surface area contributed by atoms with Gasteiger partial charge in [0.25, 0.3) is 0 Å². The highest BCUT2D eigenvalue weighted by Gasteiger charge is 2.09. The van der Waals surface area contributed by atoms with E-state index >= 15 is 0 Å². The van der Waals surface area contributed by atoms with E-state index in [0.29, 0.717) is 11.4 Å². The molecule has 1 aromatic heterocycles. The highest BCUT2D eigenvalue weighted by molar-refractivity contribution is 9.10. The molecule has 1 atom stereocenters. The zero-order chi connectivity index (χ0) is 13.1. The van der Waals surface area contributed by atoms with E-state index in [1.54, 1.807) is 6.20 Å². The largest absolute Gasteiger partial charge is 0.324 e. The molecule has 1 heterocycles. The van der Waals surface area contributed by atoms with Gasteiger partial charge in [-0.15, -0.1) is 0 Å². The second-order valence-electron chi connectivity index (χ2n) is 3.98. The summed E-state index contributed by atoms with van der Waals surface area (Å²) in [5.41, 5.74) is 8.13. The van der Waals surface area contributed by atoms with Crippen LogP contribution in [0.25, 0.3) is 0 Å². The number of halogens is 3. The standard InChI is InChI=1S/C13H11Br2ClN2/c14-9-1-2-12(18-7-9)6-13(17)8-3-10(15)5-11(16)4-8/h1-5,7,13H,6,17H2. The van der Waals surface area contributed by atoms with Crippen molar-refractivity contribution in [1.29, 1.82) is 0 Å². The van der Waals surface area contributed by atoms with Gasteiger partial charge >= 0.3 is 0 Å². The summed E-state index contributed by atoms with van der Waals surface area (Å²) >= 11 is 12.8. The van der Waals surface area contributed by atoms with Crippen molar-refractivity contribution in [1.82, 2.24) is 4.98 Å². The Morgan fingerprint density at radius 2 is 1.94 bits per heavy atom. The van der Waals surface area contributed by atoms with Crippen molar-refractivity contribution in [3.05, 3.63) is 61.8 Å². The molecule has 0 bridgehead atoms. The molecule has 0 fully saturated rings. The third-order valence-electron chi connectivity index (χ3n) is 2.53. The van der Waals surface area contributed by atoms with Gasteiger partial charge in [-0.25, -0.2) is 0 Å². The lowest BCUT2D eigenvalue weighted by Gasteiger charge is -2.12. The number of nitrogens with zero attached hydrogens (tertiary/aromatic N) is 1. The first kappa shape index (κ1) is 14.0. The molecule has 18 heavy (non-hydrogen) atoms. The number of benzene rings is 1. The minimum absolute atomic E-state index is 0.117. The van der Waals surface area contributed by atoms with Crippen LogP contribution in [-0.4, -0.2) is 4.98 Å². The summed E-state index contributed by atoms with van der Waals surface area (Å²) in [5, 5.41) is 0.679. The molecule has 0 spiro atoms. The lowest BCUT2D eigenvalue weighted by molar-refractivity contribution is 0.706. The summed E-state index contributed by atoms with van der Waals surface area (Å²) in [6.07, 6.45) is 2.45. The Morgan fingerprint density at radius 1 is 1.17 bits per heavy atom. The van der Waals surface area contributed by atoms with Crippen LogP contribution >= 0.6 is 43.5 Å². The average Bonchev–Trinajstić information content (AvgIpc) is 2.31. The molecule has 94 valence electrons. The van der Waals surface area contributed by atoms with Gasteiger partial charge in [0, 0.05) is 38.3 Å². The number of aromatic nitrogens is 1. The van der Waals surface area contributed by atoms with Gasteiger partial charge in [0.05, 0.1) is 0 Å². The molecule has 2 N–H and O–H groups in total. The number of nitrogens with two attached hydrogens (primary N) is 1. The quantitative estimate of drug-likeness (QED) is 0.838. The van der Waals surface area contributed by atoms with Gasteiger partial charge in [-0.1, -0.05) is 27.5 Å². The van der Waals surface area contributed by atoms with E-state index < -0.39 is 0 Å². The Bertz CT molecular complexity index is 523. The van der Waals surface area contributed by atoms with Crippen molar-refractivity contribution in [3.8, 4) is 0 Å². The number of hydrogen-bond acceptors (Lipinski definition) is 2. The lowest BCUT2D eigenvalue weighted by atomic mass is 10.0. The maximum atomic E-state index is 6.17. The second kappa shape index (κ2) is 6.15. The maximum absolute atomic E-state index is 6.17. The van der Waals surface area contributed by atoms with E-state index in [1.807, 2.05) is 30.3 Å². The molecular formula is C13H11Br2ClN2. The van der Waals surface area contributed by atoms with Gasteiger partial charge in [0.15, 0.2) is 0 Å². The molecule has 0 aliphatic heterocycles. The lowest BCUT2D eigenvalue weighted by Crippen LogP contribution is -2.14. The molecule has 0 saturated heterocycles. The average molecular weight is 391 g/mol. The van der Waals surface area contributed by atoms with E-state index in [4.69, 9.17) is 17.3 Å². The van der Waals surface area contributed by atoms with Crippen LogP contribution in [0, 0.1) is 0 Å². The van der Waals surface area contributed by atoms with E-state index in [0.717, 1.165) is 20.2 Å². The molecule has 0 radical (unpaired) electrons. The van der Waals surface area contributed by atoms with Crippen LogP contribution in [0.2, 0.25) is 5.02 Å². The first-order valence-corrected chi connectivity index (χ1v) is 7.33. The first-order valence-electron chi connectivity index (χ1n) is 5.36. The topological polar surface area (TPSA) is 38.9 Å². The summed E-state index contributed by atoms with van der Waals surface area (Å²) in [6.45, 7) is 0. The number of hydrogen-bond donors (Lipinski definition) is 1. The van der Waals surface area contributed by atoms with Crippen LogP contribution in [0.5, 0.6) is 0 Å². The molecular weight excluding hydrogens is 379 g/mol. The molecule has 1 aromatic carbocycles. The molecule has 0 amide bonds. The van der Waals surface area contributed by atoms with Crippen LogP contribution in [0.1, 0.15) is 17.3 Å². The zero-order valence-corrected chi connectivity index (χ0v) is 13.3. The molecule has 0 aliphatic carbocycles. The Morgan fingerprint density at radius 3 is 2.56 bits per heavy atom. The molecule has 5 heteroatoms. The van der Waals surface area contributed by atoms with E-state index in [1.165, 1.54) is 0 Å². The monoisotopic (exact) mass is 388 g/mol. The number of pyridine rings is 1. The van der Waals surface area contributed by atoms with Crippen LogP contribution < -0.4 is 5.73 Å². The molecule has 0 aliphatic rings. The predicted molar refractivity (Wildman–Crippen MR) is 81.7 cm³/mol. The third kappa shape index (κ3) is 3.79. The summed E-state index contributed by atoms with van der Waals surface area (Å²) in [6, 6.07) is 9.52. The van der Waals surface area contributed by atoms with Crippen LogP contribution in [0.4, 0.5) is 0 Å². The fourth-order valence-corrected chi connectivity index (χ4v) is 2.78. The smallest absolute Gasteiger partial charge is 0.0423 e. The first-order chi connectivity index (χ1) is 8.54. The fourth-order valence-electron chi connectivity index (χ4n) is 1.66. The summed E-state index contributed by atoms with van der Waals surface area (Å²) < 4.78 is 1.90. The minimum atomic E-state index is -0.117. The van der Waals surface area contributed by atoms with Gasteiger partial charge in [-0.3, -0.25) is 4.98 Å². The molecule has 2 nitrogen and oxygen atoms in total. The van der Waals surface area contributed by atoms with Crippen LogP contribution in [0.3, 0.4) is 0 Å². The number of rotatable bonds is 3. The third-order valence-corrected chi connectivity index (χ3v) is 3.68. The molecule has 0 saturated carbocycles. The van der Waals surface area contributed by atoms with Crippen molar-refractivity contribution in [3.63, 3.8) is 0 Å². The van der Waals surface area contributed by atoms with Gasteiger partial charge in [-0.2, -0.15) is 0 Å². The highest BCUT2D eigenvalue weighted by atomic mass is 79.9. The van der Waals surface area contributed by atoms with Crippen LogP contribution in [0.15, 0.2) is 45.5 Å². The maximum Gasteiger partial charge on any atom is 0.0423 e. The Kier molecular flexibility index (Phi) is 4.78. The highest BCUT2D eigenvalue weighted by Crippen LogP contribution is 2.24. The van der Waals surface area contributed by atoms with Crippen molar-refractivity contribution in [2.24, 2.45) is 5.73 Å². The second-order valence-corrected chi connectivity index (χ2v) is 6.25. The Balaban J connectivity index is 2.16. The van der Waals surface area contributed by atoms with E-state index in [-0.39, 0.29) is 6.04 Å². The molecule has 1 unspecified atom stereocenters. The predicted octanol–water partition coefficient (Wildman–Crippen LogP) is 4.50. The van der Waals surface area contributed by atoms with Crippen molar-refractivity contribution in [2.45, 2.75) is 12.5 Å². The SMILES string of the molecule is NC(Cc1ccc(Br)cn1)c1cc(Cl)cc(Br)c1. The summed E-state index contributed by atoms with van der Waals surface area (Å²) in [7, 11) is 0. The van der Waals surface area contributed by atoms with Crippen LogP contribution in [-0.2, 0) is 6.42 Å². The fraction of sp³-hybridized carbons (Fsp3) is 0.154. The van der Waals surface area contributed by atoms with Crippen molar-refractivity contribution < 1.29 is 0 Å². The summed E-state index contributed by atoms with van der Waals surface area (Å²) in [4.78, 5) is 4.32. The molecule has 2 aromatic rings. The molecule has 2 rings (SSSR count). The van der Waals surface area contributed by atoms with Crippen molar-refractivity contribution in [2.75, 3.05) is 0 Å². The zero-order valence-electron chi connectivity index (χ0n) is 9.41. The minimum Gasteiger partial charge on any atom is -0.324 e. The van der Waals surface area contributed by atoms with Gasteiger partial charge < -0.3 is 5.73 Å². The van der Waals surface area contributed by atoms with Gasteiger partial charge in [-0.05, 0) is 51.8 Å².